The highest BCUT2D eigenvalue weighted by atomic mass is 27.3. The highest BCUT2D eigenvalue weighted by Crippen LogP contribution is 2.14. The second-order valence-corrected chi connectivity index (χ2v) is 11.4. The van der Waals surface area contributed by atoms with Gasteiger partial charge < -0.3 is 16.1 Å². The molecule has 0 fully saturated rings. The maximum absolute atomic E-state index is 12.0. The minimum atomic E-state index is -2.31. The van der Waals surface area contributed by atoms with Gasteiger partial charge in [-0.2, -0.15) is 0 Å². The quantitative estimate of drug-likeness (QED) is 0.0439. The van der Waals surface area contributed by atoms with Crippen molar-refractivity contribution in [1.82, 2.24) is 0 Å². The molecule has 0 heterocycles. The third-order valence-corrected chi connectivity index (χ3v) is 7.71. The molecule has 0 aromatic heterocycles. The SMILES string of the molecule is CCCCCCCCCCCCCCCCCCOC(=O)/C=C(\C)[O][Al]([O]C(C)C)[O]C(C)C. The van der Waals surface area contributed by atoms with Crippen LogP contribution in [0.25, 0.3) is 0 Å². The van der Waals surface area contributed by atoms with Crippen LogP contribution in [0.2, 0.25) is 0 Å². The van der Waals surface area contributed by atoms with Crippen LogP contribution in [0.4, 0.5) is 0 Å². The molecule has 0 aliphatic heterocycles. The molecule has 0 aliphatic carbocycles. The second kappa shape index (κ2) is 24.2. The molecule has 0 amide bonds. The van der Waals surface area contributed by atoms with E-state index in [1.54, 1.807) is 6.92 Å². The highest BCUT2D eigenvalue weighted by Gasteiger charge is 2.37. The predicted molar refractivity (Wildman–Crippen MR) is 144 cm³/mol. The van der Waals surface area contributed by atoms with Crippen molar-refractivity contribution in [3.8, 4) is 0 Å². The largest absolute Gasteiger partial charge is 1.00 e. The van der Waals surface area contributed by atoms with Crippen molar-refractivity contribution < 1.29 is 20.9 Å². The van der Waals surface area contributed by atoms with E-state index in [2.05, 4.69) is 6.92 Å². The van der Waals surface area contributed by atoms with Crippen LogP contribution < -0.4 is 0 Å². The van der Waals surface area contributed by atoms with Crippen molar-refractivity contribution in [1.29, 1.82) is 0 Å². The first-order valence-electron chi connectivity index (χ1n) is 14.2. The maximum atomic E-state index is 12.0. The van der Waals surface area contributed by atoms with Gasteiger partial charge in [-0.15, -0.1) is 0 Å². The molecule has 0 bridgehead atoms. The van der Waals surface area contributed by atoms with Gasteiger partial charge in [0.2, 0.25) is 0 Å². The Morgan fingerprint density at radius 1 is 0.676 bits per heavy atom. The van der Waals surface area contributed by atoms with Gasteiger partial charge in [-0.05, 0) is 41.0 Å². The molecule has 0 aromatic rings. The summed E-state index contributed by atoms with van der Waals surface area (Å²) in [6.07, 6.45) is 22.7. The lowest BCUT2D eigenvalue weighted by atomic mass is 10.0. The zero-order chi connectivity index (χ0) is 25.4. The summed E-state index contributed by atoms with van der Waals surface area (Å²) in [6, 6.07) is 0. The summed E-state index contributed by atoms with van der Waals surface area (Å²) in [5, 5.41) is 0. The van der Waals surface area contributed by atoms with Crippen molar-refractivity contribution in [3.05, 3.63) is 11.8 Å². The summed E-state index contributed by atoms with van der Waals surface area (Å²) in [7, 11) is 0. The van der Waals surface area contributed by atoms with E-state index in [1.165, 1.54) is 96.0 Å². The van der Waals surface area contributed by atoms with Gasteiger partial charge in [-0.1, -0.05) is 103 Å². The fourth-order valence-electron chi connectivity index (χ4n) is 3.75. The van der Waals surface area contributed by atoms with Gasteiger partial charge in [0.25, 0.3) is 0 Å². The standard InChI is InChI=1S/C22H42O3.2C3H7O.Al/c1-3-4-5-6-7-8-9-10-11-12-13-14-15-16-17-18-19-25-22(24)20-21(2)23;2*1-3(2)4;/h20,23H,3-19H2,1-2H3;2*3H,1-2H3;/q;2*-1;+3/p-1/b21-20+;;;. The normalized spacial score (nSPS) is 11.9. The van der Waals surface area contributed by atoms with Crippen LogP contribution in [0.3, 0.4) is 0 Å². The van der Waals surface area contributed by atoms with E-state index in [9.17, 15) is 4.79 Å². The van der Waals surface area contributed by atoms with E-state index >= 15 is 0 Å². The van der Waals surface area contributed by atoms with Gasteiger partial charge in [0.15, 0.2) is 0 Å². The smallest absolute Gasteiger partial charge is 0.602 e. The molecular formula is C28H55AlO5. The van der Waals surface area contributed by atoms with Crippen LogP contribution in [0.15, 0.2) is 11.8 Å². The van der Waals surface area contributed by atoms with Crippen LogP contribution >= 0.6 is 0 Å². The van der Waals surface area contributed by atoms with E-state index in [4.69, 9.17) is 16.1 Å². The molecule has 0 saturated carbocycles. The summed E-state index contributed by atoms with van der Waals surface area (Å²) >= 11 is -2.31. The number of hydrogen-bond acceptors (Lipinski definition) is 5. The molecule has 0 aliphatic rings. The van der Waals surface area contributed by atoms with E-state index in [1.807, 2.05) is 27.7 Å². The van der Waals surface area contributed by atoms with Crippen molar-refractivity contribution in [2.75, 3.05) is 6.61 Å². The first-order chi connectivity index (χ1) is 16.3. The van der Waals surface area contributed by atoms with Crippen LogP contribution in [0.5, 0.6) is 0 Å². The van der Waals surface area contributed by atoms with Crippen molar-refractivity contribution in [2.45, 2.75) is 156 Å². The minimum Gasteiger partial charge on any atom is -0.602 e. The lowest BCUT2D eigenvalue weighted by molar-refractivity contribution is -0.138. The van der Waals surface area contributed by atoms with Gasteiger partial charge in [-0.3, -0.25) is 0 Å². The van der Waals surface area contributed by atoms with E-state index in [-0.39, 0.29) is 18.2 Å². The third kappa shape index (κ3) is 24.6. The molecule has 0 spiro atoms. The number of esters is 1. The molecule has 0 rings (SSSR count). The number of ether oxygens (including phenoxy) is 1. The summed E-state index contributed by atoms with van der Waals surface area (Å²) in [5.41, 5.74) is 0. The van der Waals surface area contributed by atoms with Crippen LogP contribution in [-0.2, 0) is 20.9 Å². The van der Waals surface area contributed by atoms with Crippen LogP contribution in [-0.4, -0.2) is 39.9 Å². The average molecular weight is 499 g/mol. The summed E-state index contributed by atoms with van der Waals surface area (Å²) in [6.45, 7) is 12.3. The first kappa shape index (κ1) is 33.5. The molecule has 0 N–H and O–H groups in total. The van der Waals surface area contributed by atoms with Crippen molar-refractivity contribution in [3.63, 3.8) is 0 Å². The number of carbonyl (C=O) groups is 1. The van der Waals surface area contributed by atoms with Crippen LogP contribution in [0.1, 0.15) is 144 Å². The zero-order valence-electron chi connectivity index (χ0n) is 23.4. The number of unbranched alkanes of at least 4 members (excludes halogenated alkanes) is 15. The Balaban J connectivity index is 3.60. The summed E-state index contributed by atoms with van der Waals surface area (Å²) < 4.78 is 22.5. The number of allylic oxidation sites excluding steroid dienone is 1. The maximum Gasteiger partial charge on any atom is 1.00 e. The zero-order valence-corrected chi connectivity index (χ0v) is 24.5. The molecule has 0 radical (unpaired) electrons. The monoisotopic (exact) mass is 498 g/mol. The van der Waals surface area contributed by atoms with E-state index in [0.29, 0.717) is 12.4 Å². The Hall–Kier alpha value is -0.538. The predicted octanol–water partition coefficient (Wildman–Crippen LogP) is 8.55. The fourth-order valence-corrected chi connectivity index (χ4v) is 5.18. The molecule has 0 saturated heterocycles. The Morgan fingerprint density at radius 3 is 1.44 bits per heavy atom. The third-order valence-electron chi connectivity index (χ3n) is 5.61. The molecule has 6 heteroatoms. The van der Waals surface area contributed by atoms with E-state index < -0.39 is 15.1 Å². The molecule has 0 atom stereocenters. The van der Waals surface area contributed by atoms with Gasteiger partial charge in [0.1, 0.15) is 0 Å². The van der Waals surface area contributed by atoms with Gasteiger partial charge in [-0.25, -0.2) is 4.79 Å². The molecule has 0 unspecified atom stereocenters. The lowest BCUT2D eigenvalue weighted by Gasteiger charge is -2.18. The fraction of sp³-hybridized carbons (Fsp3) is 0.893. The van der Waals surface area contributed by atoms with Gasteiger partial charge >= 0.3 is 21.1 Å². The van der Waals surface area contributed by atoms with Crippen molar-refractivity contribution in [2.24, 2.45) is 0 Å². The second-order valence-electron chi connectivity index (χ2n) is 10.0. The van der Waals surface area contributed by atoms with Gasteiger partial charge in [0, 0.05) is 12.2 Å². The first-order valence-corrected chi connectivity index (χ1v) is 15.6. The Labute approximate surface area is 216 Å². The minimum absolute atomic E-state index is 0.0186. The molecule has 34 heavy (non-hydrogen) atoms. The highest BCUT2D eigenvalue weighted by molar-refractivity contribution is 6.36. The Bertz CT molecular complexity index is 483. The van der Waals surface area contributed by atoms with Gasteiger partial charge in [0.05, 0.1) is 18.4 Å². The van der Waals surface area contributed by atoms with E-state index in [0.717, 1.165) is 12.8 Å². The molecule has 0 aromatic carbocycles. The molecular weight excluding hydrogens is 443 g/mol. The number of hydrogen-bond donors (Lipinski definition) is 0. The summed E-state index contributed by atoms with van der Waals surface area (Å²) in [4.78, 5) is 12.0. The summed E-state index contributed by atoms with van der Waals surface area (Å²) in [5.74, 6) is 0.121. The Kier molecular flexibility index (Phi) is 23.8. The molecule has 5 nitrogen and oxygen atoms in total. The molecule has 200 valence electrons. The lowest BCUT2D eigenvalue weighted by Crippen LogP contribution is -2.32. The van der Waals surface area contributed by atoms with Crippen molar-refractivity contribution >= 4 is 21.1 Å². The number of carbonyl (C=O) groups excluding carboxylic acids is 1. The number of rotatable bonds is 24. The average Bonchev–Trinajstić information content (AvgIpc) is 2.74. The Morgan fingerprint density at radius 2 is 1.06 bits per heavy atom. The topological polar surface area (TPSA) is 54.0 Å². The van der Waals surface area contributed by atoms with Crippen LogP contribution in [0, 0.1) is 0 Å².